The van der Waals surface area contributed by atoms with E-state index in [1.165, 1.54) is 12.8 Å². The van der Waals surface area contributed by atoms with Crippen molar-refractivity contribution >= 4 is 23.2 Å². The number of hydrogen-bond acceptors (Lipinski definition) is 3. The van der Waals surface area contributed by atoms with Crippen LogP contribution in [0.1, 0.15) is 18.5 Å². The van der Waals surface area contributed by atoms with Gasteiger partial charge >= 0.3 is 0 Å². The Labute approximate surface area is 112 Å². The first kappa shape index (κ1) is 13.1. The van der Waals surface area contributed by atoms with Crippen LogP contribution >= 0.6 is 23.2 Å². The Balaban J connectivity index is 2.02. The highest BCUT2D eigenvalue weighted by atomic mass is 35.5. The summed E-state index contributed by atoms with van der Waals surface area (Å²) in [5, 5.41) is 1.18. The van der Waals surface area contributed by atoms with Crippen LogP contribution in [0.4, 0.5) is 0 Å². The first-order chi connectivity index (χ1) is 8.19. The second-order valence-electron chi connectivity index (χ2n) is 4.54. The summed E-state index contributed by atoms with van der Waals surface area (Å²) in [5.74, 6) is 0.599. The van der Waals surface area contributed by atoms with E-state index in [0.717, 1.165) is 31.9 Å². The lowest BCUT2D eigenvalue weighted by Crippen LogP contribution is -2.38. The van der Waals surface area contributed by atoms with E-state index >= 15 is 0 Å². The van der Waals surface area contributed by atoms with Gasteiger partial charge in [-0.15, -0.1) is 0 Å². The monoisotopic (exact) mass is 273 g/mol. The summed E-state index contributed by atoms with van der Waals surface area (Å²) in [4.78, 5) is 6.63. The van der Waals surface area contributed by atoms with E-state index in [-0.39, 0.29) is 0 Å². The van der Waals surface area contributed by atoms with Crippen LogP contribution in [-0.4, -0.2) is 29.5 Å². The number of halogens is 2. The van der Waals surface area contributed by atoms with Crippen molar-refractivity contribution in [2.45, 2.75) is 19.4 Å². The summed E-state index contributed by atoms with van der Waals surface area (Å²) in [6.45, 7) is 3.63. The molecule has 1 aliphatic rings. The van der Waals surface area contributed by atoms with Crippen LogP contribution < -0.4 is 5.73 Å². The normalized spacial score (nSPS) is 21.7. The summed E-state index contributed by atoms with van der Waals surface area (Å²) < 4.78 is 0. The molecule has 1 aromatic heterocycles. The Morgan fingerprint density at radius 1 is 1.41 bits per heavy atom. The highest BCUT2D eigenvalue weighted by Crippen LogP contribution is 2.22. The molecule has 17 heavy (non-hydrogen) atoms. The largest absolute Gasteiger partial charge is 0.330 e. The van der Waals surface area contributed by atoms with Crippen LogP contribution in [0.5, 0.6) is 0 Å². The quantitative estimate of drug-likeness (QED) is 0.861. The Bertz CT molecular complexity index is 384. The minimum Gasteiger partial charge on any atom is -0.330 e. The van der Waals surface area contributed by atoms with Crippen LogP contribution in [0.25, 0.3) is 0 Å². The third-order valence-electron chi connectivity index (χ3n) is 3.19. The van der Waals surface area contributed by atoms with E-state index in [9.17, 15) is 0 Å². The molecule has 0 spiro atoms. The van der Waals surface area contributed by atoms with E-state index in [4.69, 9.17) is 28.9 Å². The van der Waals surface area contributed by atoms with Gasteiger partial charge in [-0.1, -0.05) is 23.2 Å². The van der Waals surface area contributed by atoms with Gasteiger partial charge in [-0.2, -0.15) is 0 Å². The molecular weight excluding hydrogens is 257 g/mol. The maximum atomic E-state index is 6.11. The maximum absolute atomic E-state index is 6.11. The molecule has 1 atom stereocenters. The van der Waals surface area contributed by atoms with Crippen molar-refractivity contribution in [1.82, 2.24) is 9.88 Å². The van der Waals surface area contributed by atoms with Gasteiger partial charge in [0.15, 0.2) is 0 Å². The van der Waals surface area contributed by atoms with Gasteiger partial charge in [0, 0.05) is 13.1 Å². The van der Waals surface area contributed by atoms with Gasteiger partial charge in [0.1, 0.15) is 5.15 Å². The highest BCUT2D eigenvalue weighted by Gasteiger charge is 2.19. The zero-order chi connectivity index (χ0) is 12.3. The molecule has 0 bridgehead atoms. The van der Waals surface area contributed by atoms with Crippen molar-refractivity contribution in [2.24, 2.45) is 11.7 Å². The zero-order valence-corrected chi connectivity index (χ0v) is 11.2. The number of nitrogens with two attached hydrogens (primary N) is 1. The maximum Gasteiger partial charge on any atom is 0.129 e. The van der Waals surface area contributed by atoms with Crippen molar-refractivity contribution in [2.75, 3.05) is 19.6 Å². The van der Waals surface area contributed by atoms with Crippen molar-refractivity contribution in [1.29, 1.82) is 0 Å². The van der Waals surface area contributed by atoms with Crippen LogP contribution in [0.15, 0.2) is 12.1 Å². The number of piperidine rings is 1. The van der Waals surface area contributed by atoms with Gasteiger partial charge in [-0.3, -0.25) is 4.90 Å². The first-order valence-corrected chi connectivity index (χ1v) is 6.68. The molecule has 0 aliphatic carbocycles. The van der Waals surface area contributed by atoms with Gasteiger partial charge in [-0.25, -0.2) is 4.98 Å². The molecule has 0 radical (unpaired) electrons. The van der Waals surface area contributed by atoms with E-state index < -0.39 is 0 Å². The molecule has 1 aliphatic heterocycles. The lowest BCUT2D eigenvalue weighted by Gasteiger charge is -2.31. The number of aromatic nitrogens is 1. The fourth-order valence-corrected chi connectivity index (χ4v) is 2.60. The Hall–Kier alpha value is -0.350. The average molecular weight is 274 g/mol. The molecule has 2 heterocycles. The molecule has 94 valence electrons. The molecule has 2 N–H and O–H groups in total. The van der Waals surface area contributed by atoms with Gasteiger partial charge < -0.3 is 5.73 Å². The lowest BCUT2D eigenvalue weighted by atomic mass is 9.98. The van der Waals surface area contributed by atoms with Crippen LogP contribution in [0.2, 0.25) is 10.2 Å². The number of pyridine rings is 1. The standard InChI is InChI=1S/C12H17Cl2N3/c13-10-3-4-12(14)16-11(10)8-17-5-1-2-9(6-15)7-17/h3-4,9H,1-2,5-8,15H2. The Kier molecular flexibility index (Phi) is 4.62. The fraction of sp³-hybridized carbons (Fsp3) is 0.583. The lowest BCUT2D eigenvalue weighted by molar-refractivity contribution is 0.169. The first-order valence-electron chi connectivity index (χ1n) is 5.92. The zero-order valence-electron chi connectivity index (χ0n) is 9.70. The van der Waals surface area contributed by atoms with Crippen molar-refractivity contribution in [3.8, 4) is 0 Å². The van der Waals surface area contributed by atoms with Gasteiger partial charge in [0.25, 0.3) is 0 Å². The molecule has 5 heteroatoms. The topological polar surface area (TPSA) is 42.1 Å². The third-order valence-corrected chi connectivity index (χ3v) is 3.75. The molecule has 1 unspecified atom stereocenters. The number of nitrogens with zero attached hydrogens (tertiary/aromatic N) is 2. The van der Waals surface area contributed by atoms with Gasteiger partial charge in [0.2, 0.25) is 0 Å². The summed E-state index contributed by atoms with van der Waals surface area (Å²) in [7, 11) is 0. The Morgan fingerprint density at radius 3 is 3.00 bits per heavy atom. The highest BCUT2D eigenvalue weighted by molar-refractivity contribution is 6.32. The smallest absolute Gasteiger partial charge is 0.129 e. The van der Waals surface area contributed by atoms with Crippen molar-refractivity contribution in [3.05, 3.63) is 28.0 Å². The molecule has 1 saturated heterocycles. The summed E-state index contributed by atoms with van der Waals surface area (Å²) >= 11 is 12.0. The molecule has 0 amide bonds. The van der Waals surface area contributed by atoms with Gasteiger partial charge in [-0.05, 0) is 44.0 Å². The second-order valence-corrected chi connectivity index (χ2v) is 5.34. The number of hydrogen-bond donors (Lipinski definition) is 1. The van der Waals surface area contributed by atoms with Crippen LogP contribution in [-0.2, 0) is 6.54 Å². The molecule has 1 aromatic rings. The minimum atomic E-state index is 0.497. The predicted molar refractivity (Wildman–Crippen MR) is 71.3 cm³/mol. The van der Waals surface area contributed by atoms with E-state index in [1.54, 1.807) is 12.1 Å². The number of likely N-dealkylation sites (tertiary alicyclic amines) is 1. The SMILES string of the molecule is NCC1CCCN(Cc2nc(Cl)ccc2Cl)C1. The Morgan fingerprint density at radius 2 is 2.24 bits per heavy atom. The summed E-state index contributed by atoms with van der Waals surface area (Å²) in [6, 6.07) is 3.52. The summed E-state index contributed by atoms with van der Waals surface area (Å²) in [6.07, 6.45) is 2.42. The third kappa shape index (κ3) is 3.55. The second kappa shape index (κ2) is 6.01. The molecule has 3 nitrogen and oxygen atoms in total. The van der Waals surface area contributed by atoms with Crippen molar-refractivity contribution < 1.29 is 0 Å². The fourth-order valence-electron chi connectivity index (χ4n) is 2.27. The van der Waals surface area contributed by atoms with Crippen LogP contribution in [0.3, 0.4) is 0 Å². The van der Waals surface area contributed by atoms with E-state index in [2.05, 4.69) is 9.88 Å². The molecule has 0 aromatic carbocycles. The average Bonchev–Trinajstić information content (AvgIpc) is 2.34. The van der Waals surface area contributed by atoms with Gasteiger partial charge in [0.05, 0.1) is 10.7 Å². The minimum absolute atomic E-state index is 0.497. The predicted octanol–water partition coefficient (Wildman–Crippen LogP) is 2.56. The number of rotatable bonds is 3. The van der Waals surface area contributed by atoms with E-state index in [0.29, 0.717) is 16.1 Å². The van der Waals surface area contributed by atoms with Crippen LogP contribution in [0, 0.1) is 5.92 Å². The molecule has 2 rings (SSSR count). The van der Waals surface area contributed by atoms with Crippen molar-refractivity contribution in [3.63, 3.8) is 0 Å². The molecule has 0 saturated carbocycles. The summed E-state index contributed by atoms with van der Waals surface area (Å²) in [5.41, 5.74) is 6.58. The molecular formula is C12H17Cl2N3. The van der Waals surface area contributed by atoms with E-state index in [1.807, 2.05) is 0 Å². The molecule has 1 fully saturated rings.